The molecule has 0 unspecified atom stereocenters. The number of hydrogen-bond acceptors (Lipinski definition) is 4. The lowest BCUT2D eigenvalue weighted by atomic mass is 10.1. The highest BCUT2D eigenvalue weighted by atomic mass is 16.5. The molecule has 0 saturated carbocycles. The molecule has 102 valence electrons. The zero-order valence-electron chi connectivity index (χ0n) is 10.8. The Bertz CT molecular complexity index is 473. The van der Waals surface area contributed by atoms with E-state index < -0.39 is 11.9 Å². The number of carbonyl (C=O) groups excluding carboxylic acids is 2. The zero-order chi connectivity index (χ0) is 13.8. The van der Waals surface area contributed by atoms with Crippen LogP contribution >= 0.6 is 0 Å². The summed E-state index contributed by atoms with van der Waals surface area (Å²) >= 11 is 0. The molecule has 0 radical (unpaired) electrons. The summed E-state index contributed by atoms with van der Waals surface area (Å²) in [6.45, 7) is 1.43. The van der Waals surface area contributed by atoms with Gasteiger partial charge in [0.15, 0.2) is 0 Å². The van der Waals surface area contributed by atoms with Crippen molar-refractivity contribution in [2.24, 2.45) is 5.73 Å². The van der Waals surface area contributed by atoms with Crippen LogP contribution in [0.2, 0.25) is 0 Å². The molecular formula is C13H17N3O3. The third kappa shape index (κ3) is 3.03. The van der Waals surface area contributed by atoms with Crippen LogP contribution in [0.1, 0.15) is 10.4 Å². The molecule has 0 aromatic heterocycles. The van der Waals surface area contributed by atoms with Crippen molar-refractivity contribution in [3.05, 3.63) is 29.8 Å². The summed E-state index contributed by atoms with van der Waals surface area (Å²) in [6, 6.07) is 6.42. The van der Waals surface area contributed by atoms with E-state index in [9.17, 15) is 9.59 Å². The fraction of sp³-hybridized carbons (Fsp3) is 0.385. The van der Waals surface area contributed by atoms with Crippen molar-refractivity contribution < 1.29 is 14.3 Å². The van der Waals surface area contributed by atoms with Gasteiger partial charge in [-0.15, -0.1) is 0 Å². The molecule has 1 aliphatic rings. The lowest BCUT2D eigenvalue weighted by Gasteiger charge is -2.32. The maximum absolute atomic E-state index is 12.3. The number of benzene rings is 1. The van der Waals surface area contributed by atoms with Crippen molar-refractivity contribution in [3.63, 3.8) is 0 Å². The number of hydrogen-bond donors (Lipinski definition) is 2. The van der Waals surface area contributed by atoms with E-state index in [2.05, 4.69) is 5.32 Å². The van der Waals surface area contributed by atoms with Crippen molar-refractivity contribution in [1.82, 2.24) is 10.2 Å². The number of ether oxygens (including phenoxy) is 1. The van der Waals surface area contributed by atoms with E-state index in [0.29, 0.717) is 30.9 Å². The van der Waals surface area contributed by atoms with E-state index in [1.54, 1.807) is 36.3 Å². The molecule has 0 aliphatic carbocycles. The Balaban J connectivity index is 2.07. The SMILES string of the molecule is COc1ccc(C(=O)N2CCN[C@H](C(N)=O)C2)cc1. The first kappa shape index (κ1) is 13.4. The molecular weight excluding hydrogens is 246 g/mol. The van der Waals surface area contributed by atoms with E-state index in [0.717, 1.165) is 0 Å². The van der Waals surface area contributed by atoms with Gasteiger partial charge in [0.1, 0.15) is 11.8 Å². The van der Waals surface area contributed by atoms with Gasteiger partial charge in [0, 0.05) is 25.2 Å². The minimum atomic E-state index is -0.476. The van der Waals surface area contributed by atoms with Gasteiger partial charge in [-0.2, -0.15) is 0 Å². The van der Waals surface area contributed by atoms with E-state index >= 15 is 0 Å². The molecule has 1 fully saturated rings. The average Bonchev–Trinajstić information content (AvgIpc) is 2.46. The predicted molar refractivity (Wildman–Crippen MR) is 69.9 cm³/mol. The van der Waals surface area contributed by atoms with Gasteiger partial charge < -0.3 is 20.7 Å². The van der Waals surface area contributed by atoms with Crippen LogP contribution in [0.15, 0.2) is 24.3 Å². The molecule has 1 aliphatic heterocycles. The van der Waals surface area contributed by atoms with Crippen LogP contribution in [0.3, 0.4) is 0 Å². The van der Waals surface area contributed by atoms with Gasteiger partial charge >= 0.3 is 0 Å². The molecule has 1 saturated heterocycles. The quantitative estimate of drug-likeness (QED) is 0.776. The fourth-order valence-corrected chi connectivity index (χ4v) is 2.04. The molecule has 6 heteroatoms. The second kappa shape index (κ2) is 5.71. The number of nitrogens with one attached hydrogen (secondary N) is 1. The summed E-state index contributed by atoms with van der Waals surface area (Å²) in [7, 11) is 1.57. The topological polar surface area (TPSA) is 84.7 Å². The minimum absolute atomic E-state index is 0.101. The van der Waals surface area contributed by atoms with E-state index in [-0.39, 0.29) is 5.91 Å². The first-order chi connectivity index (χ1) is 9.11. The predicted octanol–water partition coefficient (Wildman–Crippen LogP) is -0.405. The molecule has 1 aromatic rings. The summed E-state index contributed by atoms with van der Waals surface area (Å²) in [5.74, 6) is 0.162. The molecule has 1 heterocycles. The number of methoxy groups -OCH3 is 1. The maximum Gasteiger partial charge on any atom is 0.253 e. The van der Waals surface area contributed by atoms with Crippen molar-refractivity contribution in [2.75, 3.05) is 26.7 Å². The molecule has 1 atom stereocenters. The third-order valence-corrected chi connectivity index (χ3v) is 3.14. The number of primary amides is 1. The van der Waals surface area contributed by atoms with Crippen LogP contribution in [0.4, 0.5) is 0 Å². The fourth-order valence-electron chi connectivity index (χ4n) is 2.04. The van der Waals surface area contributed by atoms with Crippen molar-refractivity contribution >= 4 is 11.8 Å². The van der Waals surface area contributed by atoms with Crippen LogP contribution in [0.5, 0.6) is 5.75 Å². The number of amides is 2. The van der Waals surface area contributed by atoms with Crippen LogP contribution in [-0.4, -0.2) is 49.5 Å². The maximum atomic E-state index is 12.3. The summed E-state index contributed by atoms with van der Waals surface area (Å²) in [5, 5.41) is 2.98. The standard InChI is InChI=1S/C13H17N3O3/c1-19-10-4-2-9(3-5-10)13(18)16-7-6-15-11(8-16)12(14)17/h2-5,11,15H,6-8H2,1H3,(H2,14,17)/t11-/m0/s1. The number of nitrogens with two attached hydrogens (primary N) is 1. The lowest BCUT2D eigenvalue weighted by Crippen LogP contribution is -2.57. The molecule has 0 bridgehead atoms. The van der Waals surface area contributed by atoms with Crippen molar-refractivity contribution in [2.45, 2.75) is 6.04 Å². The number of piperazine rings is 1. The highest BCUT2D eigenvalue weighted by molar-refractivity contribution is 5.95. The molecule has 0 spiro atoms. The molecule has 3 N–H and O–H groups in total. The molecule has 6 nitrogen and oxygen atoms in total. The Morgan fingerprint density at radius 1 is 1.37 bits per heavy atom. The van der Waals surface area contributed by atoms with Crippen LogP contribution in [0, 0.1) is 0 Å². The Labute approximate surface area is 111 Å². The van der Waals surface area contributed by atoms with Gasteiger partial charge in [-0.05, 0) is 24.3 Å². The van der Waals surface area contributed by atoms with Crippen LogP contribution in [-0.2, 0) is 4.79 Å². The largest absolute Gasteiger partial charge is 0.497 e. The monoisotopic (exact) mass is 263 g/mol. The average molecular weight is 263 g/mol. The minimum Gasteiger partial charge on any atom is -0.497 e. The Kier molecular flexibility index (Phi) is 4.01. The molecule has 1 aromatic carbocycles. The Morgan fingerprint density at radius 3 is 2.63 bits per heavy atom. The van der Waals surface area contributed by atoms with Crippen LogP contribution < -0.4 is 15.8 Å². The van der Waals surface area contributed by atoms with Gasteiger partial charge in [0.25, 0.3) is 5.91 Å². The van der Waals surface area contributed by atoms with E-state index in [4.69, 9.17) is 10.5 Å². The van der Waals surface area contributed by atoms with E-state index in [1.165, 1.54) is 0 Å². The summed E-state index contributed by atoms with van der Waals surface area (Å²) in [6.07, 6.45) is 0. The highest BCUT2D eigenvalue weighted by Gasteiger charge is 2.26. The van der Waals surface area contributed by atoms with Crippen molar-refractivity contribution in [1.29, 1.82) is 0 Å². The zero-order valence-corrected chi connectivity index (χ0v) is 10.8. The third-order valence-electron chi connectivity index (χ3n) is 3.14. The Hall–Kier alpha value is -2.08. The number of nitrogens with zero attached hydrogens (tertiary/aromatic N) is 1. The smallest absolute Gasteiger partial charge is 0.253 e. The second-order valence-electron chi connectivity index (χ2n) is 4.39. The van der Waals surface area contributed by atoms with Gasteiger partial charge in [0.2, 0.25) is 5.91 Å². The first-order valence-electron chi connectivity index (χ1n) is 6.08. The number of rotatable bonds is 3. The second-order valence-corrected chi connectivity index (χ2v) is 4.39. The number of carbonyl (C=O) groups is 2. The highest BCUT2D eigenvalue weighted by Crippen LogP contribution is 2.14. The lowest BCUT2D eigenvalue weighted by molar-refractivity contribution is -0.120. The summed E-state index contributed by atoms with van der Waals surface area (Å²) in [4.78, 5) is 25.1. The Morgan fingerprint density at radius 2 is 2.05 bits per heavy atom. The van der Waals surface area contributed by atoms with Gasteiger partial charge in [-0.1, -0.05) is 0 Å². The van der Waals surface area contributed by atoms with Crippen molar-refractivity contribution in [3.8, 4) is 5.75 Å². The molecule has 2 rings (SSSR count). The van der Waals surface area contributed by atoms with Gasteiger partial charge in [0.05, 0.1) is 7.11 Å². The van der Waals surface area contributed by atoms with E-state index in [1.807, 2.05) is 0 Å². The molecule has 19 heavy (non-hydrogen) atoms. The summed E-state index contributed by atoms with van der Waals surface area (Å²) in [5.41, 5.74) is 5.83. The van der Waals surface area contributed by atoms with Gasteiger partial charge in [-0.25, -0.2) is 0 Å². The normalized spacial score (nSPS) is 19.0. The van der Waals surface area contributed by atoms with Gasteiger partial charge in [-0.3, -0.25) is 9.59 Å². The summed E-state index contributed by atoms with van der Waals surface area (Å²) < 4.78 is 5.05. The first-order valence-corrected chi connectivity index (χ1v) is 6.08. The molecule has 2 amide bonds. The van der Waals surface area contributed by atoms with Crippen LogP contribution in [0.25, 0.3) is 0 Å².